The minimum Gasteiger partial charge on any atom is -0.329 e. The molecule has 2 aliphatic rings. The zero-order valence-electron chi connectivity index (χ0n) is 9.75. The van der Waals surface area contributed by atoms with Crippen LogP contribution < -0.4 is 11.1 Å². The van der Waals surface area contributed by atoms with Gasteiger partial charge in [0.05, 0.1) is 0 Å². The molecule has 3 N–H and O–H groups in total. The molecule has 0 atom stereocenters. The number of nitrogens with one attached hydrogen (secondary N) is 1. The van der Waals surface area contributed by atoms with Crippen molar-refractivity contribution in [3.8, 4) is 0 Å². The van der Waals surface area contributed by atoms with Gasteiger partial charge in [0.2, 0.25) is 0 Å². The summed E-state index contributed by atoms with van der Waals surface area (Å²) in [6, 6.07) is 0.854. The van der Waals surface area contributed by atoms with Gasteiger partial charge in [-0.15, -0.1) is 0 Å². The van der Waals surface area contributed by atoms with E-state index in [2.05, 4.69) is 10.2 Å². The molecule has 15 heavy (non-hydrogen) atoms. The molecule has 0 spiro atoms. The van der Waals surface area contributed by atoms with Crippen LogP contribution in [0.3, 0.4) is 0 Å². The second-order valence-corrected chi connectivity index (χ2v) is 5.11. The number of rotatable bonds is 5. The van der Waals surface area contributed by atoms with Crippen molar-refractivity contribution in [2.45, 2.75) is 38.1 Å². The van der Waals surface area contributed by atoms with E-state index in [-0.39, 0.29) is 0 Å². The quantitative estimate of drug-likeness (QED) is 0.707. The predicted molar refractivity (Wildman–Crippen MR) is 63.9 cm³/mol. The van der Waals surface area contributed by atoms with Gasteiger partial charge in [0, 0.05) is 19.1 Å². The first-order chi connectivity index (χ1) is 7.38. The third-order valence-electron chi connectivity index (χ3n) is 3.95. The fraction of sp³-hybridized carbons (Fsp3) is 1.00. The molecular weight excluding hydrogens is 186 g/mol. The summed E-state index contributed by atoms with van der Waals surface area (Å²) in [7, 11) is 0. The monoisotopic (exact) mass is 211 g/mol. The van der Waals surface area contributed by atoms with Crippen LogP contribution in [0.2, 0.25) is 0 Å². The van der Waals surface area contributed by atoms with Crippen molar-refractivity contribution in [2.24, 2.45) is 11.7 Å². The third kappa shape index (κ3) is 3.44. The van der Waals surface area contributed by atoms with Gasteiger partial charge in [-0.3, -0.25) is 0 Å². The van der Waals surface area contributed by atoms with Crippen molar-refractivity contribution in [3.05, 3.63) is 0 Å². The molecule has 0 amide bonds. The molecule has 0 aromatic carbocycles. The molecule has 88 valence electrons. The van der Waals surface area contributed by atoms with Gasteiger partial charge >= 0.3 is 0 Å². The highest BCUT2D eigenvalue weighted by atomic mass is 15.1. The lowest BCUT2D eigenvalue weighted by molar-refractivity contribution is 0.179. The summed E-state index contributed by atoms with van der Waals surface area (Å²) in [5.41, 5.74) is 5.56. The van der Waals surface area contributed by atoms with E-state index in [9.17, 15) is 0 Å². The lowest BCUT2D eigenvalue weighted by Crippen LogP contribution is -2.43. The van der Waals surface area contributed by atoms with Crippen molar-refractivity contribution >= 4 is 0 Å². The summed E-state index contributed by atoms with van der Waals surface area (Å²) < 4.78 is 0. The van der Waals surface area contributed by atoms with Gasteiger partial charge in [0.1, 0.15) is 0 Å². The fourth-order valence-electron chi connectivity index (χ4n) is 2.54. The molecule has 0 aromatic heterocycles. The van der Waals surface area contributed by atoms with Gasteiger partial charge in [-0.2, -0.15) is 0 Å². The Labute approximate surface area is 93.4 Å². The zero-order valence-corrected chi connectivity index (χ0v) is 9.75. The van der Waals surface area contributed by atoms with Gasteiger partial charge in [-0.1, -0.05) is 6.42 Å². The van der Waals surface area contributed by atoms with Gasteiger partial charge in [-0.25, -0.2) is 0 Å². The lowest BCUT2D eigenvalue weighted by Gasteiger charge is -2.34. The highest BCUT2D eigenvalue weighted by Gasteiger charge is 2.21. The molecule has 1 heterocycles. The van der Waals surface area contributed by atoms with Crippen LogP contribution >= 0.6 is 0 Å². The summed E-state index contributed by atoms with van der Waals surface area (Å²) >= 11 is 0. The van der Waals surface area contributed by atoms with E-state index >= 15 is 0 Å². The van der Waals surface area contributed by atoms with E-state index in [1.807, 2.05) is 0 Å². The Morgan fingerprint density at radius 3 is 2.40 bits per heavy atom. The van der Waals surface area contributed by atoms with Crippen molar-refractivity contribution < 1.29 is 0 Å². The second-order valence-electron chi connectivity index (χ2n) is 5.11. The van der Waals surface area contributed by atoms with Gasteiger partial charge in [-0.05, 0) is 51.2 Å². The molecule has 1 saturated carbocycles. The van der Waals surface area contributed by atoms with E-state index in [1.165, 1.54) is 51.7 Å². The minimum atomic E-state index is 0.811. The molecular formula is C12H25N3. The molecule has 0 unspecified atom stereocenters. The van der Waals surface area contributed by atoms with Crippen molar-refractivity contribution in [3.63, 3.8) is 0 Å². The first kappa shape index (κ1) is 11.4. The standard InChI is InChI=1S/C12H25N3/c13-6-9-15-7-4-11(5-8-15)10-14-12-2-1-3-12/h11-12,14H,1-10,13H2. The first-order valence-corrected chi connectivity index (χ1v) is 6.54. The summed E-state index contributed by atoms with van der Waals surface area (Å²) in [6.07, 6.45) is 6.98. The number of likely N-dealkylation sites (tertiary alicyclic amines) is 1. The average Bonchev–Trinajstić information content (AvgIpc) is 2.19. The summed E-state index contributed by atoms with van der Waals surface area (Å²) in [5, 5.41) is 3.69. The first-order valence-electron chi connectivity index (χ1n) is 6.54. The minimum absolute atomic E-state index is 0.811. The van der Waals surface area contributed by atoms with Crippen LogP contribution in [0, 0.1) is 5.92 Å². The Morgan fingerprint density at radius 2 is 1.87 bits per heavy atom. The van der Waals surface area contributed by atoms with E-state index in [4.69, 9.17) is 5.73 Å². The maximum atomic E-state index is 5.56. The van der Waals surface area contributed by atoms with Crippen LogP contribution in [-0.4, -0.2) is 43.7 Å². The highest BCUT2D eigenvalue weighted by molar-refractivity contribution is 4.80. The molecule has 2 rings (SSSR count). The normalized spacial score (nSPS) is 25.4. The topological polar surface area (TPSA) is 41.3 Å². The van der Waals surface area contributed by atoms with Crippen LogP contribution in [-0.2, 0) is 0 Å². The maximum Gasteiger partial charge on any atom is 0.0105 e. The number of hydrogen-bond donors (Lipinski definition) is 2. The molecule has 2 fully saturated rings. The SMILES string of the molecule is NCCN1CCC(CNC2CCC2)CC1. The Hall–Kier alpha value is -0.120. The van der Waals surface area contributed by atoms with E-state index < -0.39 is 0 Å². The fourth-order valence-corrected chi connectivity index (χ4v) is 2.54. The van der Waals surface area contributed by atoms with Crippen molar-refractivity contribution in [1.29, 1.82) is 0 Å². The van der Waals surface area contributed by atoms with Crippen molar-refractivity contribution in [1.82, 2.24) is 10.2 Å². The molecule has 1 saturated heterocycles. The Kier molecular flexibility index (Phi) is 4.42. The highest BCUT2D eigenvalue weighted by Crippen LogP contribution is 2.20. The summed E-state index contributed by atoms with van der Waals surface area (Å²) in [5.74, 6) is 0.916. The summed E-state index contributed by atoms with van der Waals surface area (Å²) in [4.78, 5) is 2.50. The van der Waals surface area contributed by atoms with Crippen LogP contribution in [0.1, 0.15) is 32.1 Å². The average molecular weight is 211 g/mol. The van der Waals surface area contributed by atoms with Gasteiger partial charge in [0.25, 0.3) is 0 Å². The molecule has 0 aromatic rings. The van der Waals surface area contributed by atoms with Crippen LogP contribution in [0.15, 0.2) is 0 Å². The number of hydrogen-bond acceptors (Lipinski definition) is 3. The number of nitrogens with zero attached hydrogens (tertiary/aromatic N) is 1. The Bertz CT molecular complexity index is 172. The maximum absolute atomic E-state index is 5.56. The second kappa shape index (κ2) is 5.83. The largest absolute Gasteiger partial charge is 0.329 e. The number of piperidine rings is 1. The van der Waals surface area contributed by atoms with Crippen LogP contribution in [0.25, 0.3) is 0 Å². The third-order valence-corrected chi connectivity index (χ3v) is 3.95. The Balaban J connectivity index is 1.56. The van der Waals surface area contributed by atoms with Gasteiger partial charge < -0.3 is 16.0 Å². The predicted octanol–water partition coefficient (Wildman–Crippen LogP) is 0.799. The van der Waals surface area contributed by atoms with Crippen LogP contribution in [0.5, 0.6) is 0 Å². The van der Waals surface area contributed by atoms with E-state index in [0.717, 1.165) is 25.0 Å². The zero-order chi connectivity index (χ0) is 10.5. The smallest absolute Gasteiger partial charge is 0.0105 e. The van der Waals surface area contributed by atoms with Crippen LogP contribution in [0.4, 0.5) is 0 Å². The molecule has 3 nitrogen and oxygen atoms in total. The number of nitrogens with two attached hydrogens (primary N) is 1. The summed E-state index contributed by atoms with van der Waals surface area (Å²) in [6.45, 7) is 5.66. The molecule has 3 heteroatoms. The Morgan fingerprint density at radius 1 is 1.13 bits per heavy atom. The molecule has 0 bridgehead atoms. The van der Waals surface area contributed by atoms with Gasteiger partial charge in [0.15, 0.2) is 0 Å². The van der Waals surface area contributed by atoms with E-state index in [0.29, 0.717) is 0 Å². The van der Waals surface area contributed by atoms with Crippen molar-refractivity contribution in [2.75, 3.05) is 32.7 Å². The molecule has 1 aliphatic carbocycles. The molecule has 1 aliphatic heterocycles. The van der Waals surface area contributed by atoms with E-state index in [1.54, 1.807) is 0 Å². The molecule has 0 radical (unpaired) electrons. The lowest BCUT2D eigenvalue weighted by atomic mass is 9.91.